The number of hydrogen-bond acceptors (Lipinski definition) is 2. The number of aliphatic hydroxyl groups excluding tert-OH is 1. The molecule has 0 bridgehead atoms. The minimum Gasteiger partial charge on any atom is -0.504 e. The fourth-order valence-electron chi connectivity index (χ4n) is 1.93. The Morgan fingerprint density at radius 3 is 2.60 bits per heavy atom. The summed E-state index contributed by atoms with van der Waals surface area (Å²) in [7, 11) is 1.60. The second-order valence-electron chi connectivity index (χ2n) is 4.02. The van der Waals surface area contributed by atoms with Crippen LogP contribution in [-0.2, 0) is 4.74 Å². The first-order chi connectivity index (χ1) is 7.10. The van der Waals surface area contributed by atoms with Gasteiger partial charge < -0.3 is 9.84 Å². The lowest BCUT2D eigenvalue weighted by atomic mass is 10.00. The van der Waals surface area contributed by atoms with Crippen molar-refractivity contribution in [2.45, 2.75) is 33.6 Å². The molecule has 0 saturated carbocycles. The van der Waals surface area contributed by atoms with Crippen LogP contribution >= 0.6 is 0 Å². The Hall–Kier alpha value is -1.18. The summed E-state index contributed by atoms with van der Waals surface area (Å²) in [5.74, 6) is 1.20. The van der Waals surface area contributed by atoms with E-state index in [0.29, 0.717) is 17.4 Å². The molecule has 0 aliphatic heterocycles. The van der Waals surface area contributed by atoms with E-state index in [1.807, 2.05) is 13.0 Å². The lowest BCUT2D eigenvalue weighted by molar-refractivity contribution is 0.251. The van der Waals surface area contributed by atoms with E-state index in [-0.39, 0.29) is 0 Å². The summed E-state index contributed by atoms with van der Waals surface area (Å²) in [6.07, 6.45) is 6.02. The zero-order valence-electron chi connectivity index (χ0n) is 10.0. The third-order valence-corrected chi connectivity index (χ3v) is 2.64. The van der Waals surface area contributed by atoms with Crippen molar-refractivity contribution in [3.63, 3.8) is 0 Å². The Morgan fingerprint density at radius 1 is 1.40 bits per heavy atom. The third kappa shape index (κ3) is 2.65. The van der Waals surface area contributed by atoms with Gasteiger partial charge >= 0.3 is 0 Å². The van der Waals surface area contributed by atoms with Crippen molar-refractivity contribution in [2.75, 3.05) is 7.11 Å². The molecular formula is C13H20O2. The molecule has 0 fully saturated rings. The van der Waals surface area contributed by atoms with E-state index in [1.165, 1.54) is 0 Å². The lowest BCUT2D eigenvalue weighted by Gasteiger charge is -2.10. The van der Waals surface area contributed by atoms with Gasteiger partial charge in [-0.2, -0.15) is 0 Å². The molecule has 2 nitrogen and oxygen atoms in total. The summed E-state index contributed by atoms with van der Waals surface area (Å²) in [5.41, 5.74) is 2.17. The Morgan fingerprint density at radius 2 is 2.07 bits per heavy atom. The fourth-order valence-corrected chi connectivity index (χ4v) is 1.93. The summed E-state index contributed by atoms with van der Waals surface area (Å²) in [6, 6.07) is 0. The smallest absolute Gasteiger partial charge is 0.160 e. The van der Waals surface area contributed by atoms with Crippen molar-refractivity contribution in [1.82, 2.24) is 0 Å². The second kappa shape index (κ2) is 5.06. The maximum Gasteiger partial charge on any atom is 0.160 e. The maximum absolute atomic E-state index is 10.1. The number of ether oxygens (including phenoxy) is 1. The molecule has 0 radical (unpaired) electrons. The van der Waals surface area contributed by atoms with Crippen LogP contribution in [0.25, 0.3) is 0 Å². The summed E-state index contributed by atoms with van der Waals surface area (Å²) < 4.78 is 5.20. The molecule has 1 aliphatic rings. The molecule has 1 rings (SSSR count). The lowest BCUT2D eigenvalue weighted by Crippen LogP contribution is -1.97. The first-order valence-electron chi connectivity index (χ1n) is 5.47. The van der Waals surface area contributed by atoms with Crippen LogP contribution < -0.4 is 0 Å². The molecular weight excluding hydrogens is 188 g/mol. The first kappa shape index (κ1) is 11.9. The van der Waals surface area contributed by atoms with E-state index in [9.17, 15) is 5.11 Å². The van der Waals surface area contributed by atoms with Gasteiger partial charge in [0.25, 0.3) is 0 Å². The van der Waals surface area contributed by atoms with Crippen LogP contribution in [0.5, 0.6) is 0 Å². The topological polar surface area (TPSA) is 29.5 Å². The van der Waals surface area contributed by atoms with Gasteiger partial charge in [-0.05, 0) is 30.9 Å². The van der Waals surface area contributed by atoms with E-state index in [4.69, 9.17) is 4.74 Å². The second-order valence-corrected chi connectivity index (χ2v) is 4.02. The summed E-state index contributed by atoms with van der Waals surface area (Å²) in [6.45, 7) is 6.24. The van der Waals surface area contributed by atoms with Crippen molar-refractivity contribution in [1.29, 1.82) is 0 Å². The molecule has 0 aromatic heterocycles. The van der Waals surface area contributed by atoms with Crippen molar-refractivity contribution < 1.29 is 9.84 Å². The molecule has 84 valence electrons. The van der Waals surface area contributed by atoms with Crippen LogP contribution in [0.1, 0.15) is 33.6 Å². The molecule has 1 N–H and O–H groups in total. The number of hydrogen-bond donors (Lipinski definition) is 1. The Kier molecular flexibility index (Phi) is 4.01. The van der Waals surface area contributed by atoms with Crippen LogP contribution in [-0.4, -0.2) is 12.2 Å². The zero-order chi connectivity index (χ0) is 11.4. The van der Waals surface area contributed by atoms with E-state index >= 15 is 0 Å². The zero-order valence-corrected chi connectivity index (χ0v) is 10.0. The standard InChI is InChI=1S/C13H20O2/c1-5-6-11-10(3)7-9(2)8-12(15-4)13(11)14/h7-9,14H,5-6H2,1-4H3. The van der Waals surface area contributed by atoms with Crippen LogP contribution in [0.4, 0.5) is 0 Å². The van der Waals surface area contributed by atoms with Crippen LogP contribution in [0.15, 0.2) is 34.8 Å². The van der Waals surface area contributed by atoms with Gasteiger partial charge in [-0.15, -0.1) is 0 Å². The van der Waals surface area contributed by atoms with Gasteiger partial charge in [0.15, 0.2) is 11.5 Å². The number of allylic oxidation sites excluding steroid dienone is 4. The highest BCUT2D eigenvalue weighted by molar-refractivity contribution is 5.41. The van der Waals surface area contributed by atoms with Crippen LogP contribution in [0, 0.1) is 5.92 Å². The number of rotatable bonds is 3. The van der Waals surface area contributed by atoms with Crippen molar-refractivity contribution >= 4 is 0 Å². The third-order valence-electron chi connectivity index (χ3n) is 2.64. The number of methoxy groups -OCH3 is 1. The van der Waals surface area contributed by atoms with Gasteiger partial charge in [0.05, 0.1) is 7.11 Å². The minimum absolute atomic E-state index is 0.302. The van der Waals surface area contributed by atoms with E-state index in [2.05, 4.69) is 19.9 Å². The molecule has 0 aromatic carbocycles. The maximum atomic E-state index is 10.1. The van der Waals surface area contributed by atoms with Crippen molar-refractivity contribution in [3.8, 4) is 0 Å². The van der Waals surface area contributed by atoms with Crippen molar-refractivity contribution in [3.05, 3.63) is 34.8 Å². The molecule has 0 aromatic rings. The van der Waals surface area contributed by atoms with Crippen LogP contribution in [0.3, 0.4) is 0 Å². The molecule has 2 heteroatoms. The van der Waals surface area contributed by atoms with Gasteiger partial charge in [-0.25, -0.2) is 0 Å². The summed E-state index contributed by atoms with van der Waals surface area (Å²) >= 11 is 0. The summed E-state index contributed by atoms with van der Waals surface area (Å²) in [4.78, 5) is 0. The fraction of sp³-hybridized carbons (Fsp3) is 0.538. The average molecular weight is 208 g/mol. The van der Waals surface area contributed by atoms with Crippen molar-refractivity contribution in [2.24, 2.45) is 5.92 Å². The first-order valence-corrected chi connectivity index (χ1v) is 5.47. The van der Waals surface area contributed by atoms with Gasteiger partial charge in [-0.3, -0.25) is 0 Å². The molecule has 0 heterocycles. The average Bonchev–Trinajstić information content (AvgIpc) is 2.29. The molecule has 0 saturated heterocycles. The molecule has 1 unspecified atom stereocenters. The highest BCUT2D eigenvalue weighted by atomic mass is 16.5. The molecule has 0 amide bonds. The van der Waals surface area contributed by atoms with Gasteiger partial charge in [0.2, 0.25) is 0 Å². The predicted molar refractivity (Wildman–Crippen MR) is 62.6 cm³/mol. The SMILES string of the molecule is CCCC1=C(O)C(OC)=CC(C)C=C1C. The quantitative estimate of drug-likeness (QED) is 0.765. The largest absolute Gasteiger partial charge is 0.504 e. The van der Waals surface area contributed by atoms with E-state index < -0.39 is 0 Å². The van der Waals surface area contributed by atoms with Gasteiger partial charge in [0.1, 0.15) is 0 Å². The molecule has 1 atom stereocenters. The predicted octanol–water partition coefficient (Wildman–Crippen LogP) is 3.72. The monoisotopic (exact) mass is 208 g/mol. The van der Waals surface area contributed by atoms with E-state index in [1.54, 1.807) is 7.11 Å². The Bertz CT molecular complexity index is 321. The minimum atomic E-state index is 0.302. The Balaban J connectivity index is 3.15. The van der Waals surface area contributed by atoms with Crippen LogP contribution in [0.2, 0.25) is 0 Å². The number of aliphatic hydroxyl groups is 1. The highest BCUT2D eigenvalue weighted by Gasteiger charge is 2.16. The normalized spacial score (nSPS) is 22.0. The molecule has 15 heavy (non-hydrogen) atoms. The molecule has 0 spiro atoms. The highest BCUT2D eigenvalue weighted by Crippen LogP contribution is 2.28. The van der Waals surface area contributed by atoms with Gasteiger partial charge in [0, 0.05) is 5.57 Å². The van der Waals surface area contributed by atoms with Gasteiger partial charge in [-0.1, -0.05) is 26.3 Å². The van der Waals surface area contributed by atoms with E-state index in [0.717, 1.165) is 24.0 Å². The Labute approximate surface area is 92.0 Å². The molecule has 1 aliphatic carbocycles. The summed E-state index contributed by atoms with van der Waals surface area (Å²) in [5, 5.41) is 10.1.